The van der Waals surface area contributed by atoms with E-state index in [-0.39, 0.29) is 0 Å². The average Bonchev–Trinajstić information content (AvgIpc) is 2.46. The normalized spacial score (nSPS) is 10.1. The molecule has 5 nitrogen and oxygen atoms in total. The number of ether oxygens (including phenoxy) is 2. The highest BCUT2D eigenvalue weighted by atomic mass is 16.5. The molecule has 100 valence electrons. The number of benzene rings is 1. The maximum atomic E-state index is 5.22. The molecule has 0 aliphatic carbocycles. The van der Waals surface area contributed by atoms with E-state index < -0.39 is 0 Å². The van der Waals surface area contributed by atoms with Crippen LogP contribution in [-0.2, 0) is 6.54 Å². The summed E-state index contributed by atoms with van der Waals surface area (Å²) in [5.74, 6) is 1.04. The summed E-state index contributed by atoms with van der Waals surface area (Å²) in [6.07, 6.45) is 1.42. The van der Waals surface area contributed by atoms with Crippen LogP contribution in [0.3, 0.4) is 0 Å². The molecule has 0 unspecified atom stereocenters. The Kier molecular flexibility index (Phi) is 4.18. The molecule has 0 amide bonds. The van der Waals surface area contributed by atoms with Crippen LogP contribution in [0.15, 0.2) is 30.6 Å². The van der Waals surface area contributed by atoms with Gasteiger partial charge in [-0.05, 0) is 19.1 Å². The molecular weight excluding hydrogens is 242 g/mol. The van der Waals surface area contributed by atoms with Gasteiger partial charge in [-0.2, -0.15) is 0 Å². The van der Waals surface area contributed by atoms with Crippen molar-refractivity contribution in [3.63, 3.8) is 0 Å². The maximum absolute atomic E-state index is 5.22. The number of aryl methyl sites for hydroxylation is 1. The van der Waals surface area contributed by atoms with Crippen LogP contribution in [0.2, 0.25) is 0 Å². The van der Waals surface area contributed by atoms with E-state index in [0.717, 1.165) is 11.3 Å². The molecule has 0 saturated carbocycles. The van der Waals surface area contributed by atoms with Gasteiger partial charge >= 0.3 is 0 Å². The molecule has 0 aliphatic rings. The second kappa shape index (κ2) is 6.04. The second-order valence-electron chi connectivity index (χ2n) is 4.09. The van der Waals surface area contributed by atoms with Crippen LogP contribution >= 0.6 is 0 Å². The Balaban J connectivity index is 2.16. The molecule has 1 N–H and O–H groups in total. The standard InChI is InChI=1S/C14H17N3O2/c1-10-4-6-11(7-5-10)15-8-12-13(18-2)16-9-17-14(12)19-3/h4-7,9,15H,8H2,1-3H3. The molecule has 0 spiro atoms. The summed E-state index contributed by atoms with van der Waals surface area (Å²) in [7, 11) is 3.16. The number of methoxy groups -OCH3 is 2. The molecule has 0 aliphatic heterocycles. The molecule has 0 bridgehead atoms. The Morgan fingerprint density at radius 2 is 1.58 bits per heavy atom. The SMILES string of the molecule is COc1ncnc(OC)c1CNc1ccc(C)cc1. The van der Waals surface area contributed by atoms with Crippen molar-refractivity contribution in [1.82, 2.24) is 9.97 Å². The Morgan fingerprint density at radius 3 is 2.11 bits per heavy atom. The van der Waals surface area contributed by atoms with Crippen LogP contribution in [0.1, 0.15) is 11.1 Å². The Bertz CT molecular complexity index is 519. The Labute approximate surface area is 112 Å². The number of nitrogens with zero attached hydrogens (tertiary/aromatic N) is 2. The smallest absolute Gasteiger partial charge is 0.225 e. The van der Waals surface area contributed by atoms with Crippen LogP contribution < -0.4 is 14.8 Å². The molecule has 2 rings (SSSR count). The van der Waals surface area contributed by atoms with Crippen molar-refractivity contribution in [1.29, 1.82) is 0 Å². The third kappa shape index (κ3) is 3.13. The van der Waals surface area contributed by atoms with E-state index in [0.29, 0.717) is 18.3 Å². The number of nitrogens with one attached hydrogen (secondary N) is 1. The molecular formula is C14H17N3O2. The van der Waals surface area contributed by atoms with Crippen LogP contribution in [-0.4, -0.2) is 24.2 Å². The van der Waals surface area contributed by atoms with E-state index in [1.807, 2.05) is 12.1 Å². The molecule has 1 heterocycles. The van der Waals surface area contributed by atoms with Gasteiger partial charge in [-0.25, -0.2) is 9.97 Å². The first-order chi connectivity index (χ1) is 9.24. The van der Waals surface area contributed by atoms with Gasteiger partial charge in [0.05, 0.1) is 26.3 Å². The third-order valence-electron chi connectivity index (χ3n) is 2.77. The second-order valence-corrected chi connectivity index (χ2v) is 4.09. The number of anilines is 1. The third-order valence-corrected chi connectivity index (χ3v) is 2.77. The fraction of sp³-hybridized carbons (Fsp3) is 0.286. The molecule has 0 radical (unpaired) electrons. The minimum Gasteiger partial charge on any atom is -0.481 e. The zero-order valence-electron chi connectivity index (χ0n) is 11.3. The summed E-state index contributed by atoms with van der Waals surface area (Å²) >= 11 is 0. The lowest BCUT2D eigenvalue weighted by atomic mass is 10.2. The summed E-state index contributed by atoms with van der Waals surface area (Å²) in [5.41, 5.74) is 3.05. The van der Waals surface area contributed by atoms with Gasteiger partial charge in [0.15, 0.2) is 0 Å². The summed E-state index contributed by atoms with van der Waals surface area (Å²) in [6.45, 7) is 2.59. The summed E-state index contributed by atoms with van der Waals surface area (Å²) < 4.78 is 10.4. The fourth-order valence-electron chi connectivity index (χ4n) is 1.75. The van der Waals surface area contributed by atoms with Crippen molar-refractivity contribution in [3.8, 4) is 11.8 Å². The van der Waals surface area contributed by atoms with E-state index in [9.17, 15) is 0 Å². The molecule has 0 fully saturated rings. The summed E-state index contributed by atoms with van der Waals surface area (Å²) in [5, 5.41) is 3.30. The lowest BCUT2D eigenvalue weighted by Crippen LogP contribution is -2.06. The van der Waals surface area contributed by atoms with Crippen molar-refractivity contribution < 1.29 is 9.47 Å². The van der Waals surface area contributed by atoms with Gasteiger partial charge < -0.3 is 14.8 Å². The minimum atomic E-state index is 0.520. The number of hydrogen-bond donors (Lipinski definition) is 1. The van der Waals surface area contributed by atoms with Crippen LogP contribution in [0, 0.1) is 6.92 Å². The average molecular weight is 259 g/mol. The highest BCUT2D eigenvalue weighted by Crippen LogP contribution is 2.24. The zero-order valence-corrected chi connectivity index (χ0v) is 11.3. The van der Waals surface area contributed by atoms with Gasteiger partial charge in [0.1, 0.15) is 6.33 Å². The van der Waals surface area contributed by atoms with Gasteiger partial charge in [-0.15, -0.1) is 0 Å². The molecule has 0 saturated heterocycles. The summed E-state index contributed by atoms with van der Waals surface area (Å²) in [4.78, 5) is 8.16. The van der Waals surface area contributed by atoms with Crippen molar-refractivity contribution in [2.45, 2.75) is 13.5 Å². The zero-order chi connectivity index (χ0) is 13.7. The molecule has 1 aromatic carbocycles. The number of hydrogen-bond acceptors (Lipinski definition) is 5. The van der Waals surface area contributed by atoms with E-state index >= 15 is 0 Å². The Hall–Kier alpha value is -2.30. The lowest BCUT2D eigenvalue weighted by molar-refractivity contribution is 0.363. The van der Waals surface area contributed by atoms with Gasteiger partial charge in [-0.1, -0.05) is 17.7 Å². The van der Waals surface area contributed by atoms with Crippen LogP contribution in [0.5, 0.6) is 11.8 Å². The van der Waals surface area contributed by atoms with Crippen molar-refractivity contribution in [2.75, 3.05) is 19.5 Å². The van der Waals surface area contributed by atoms with E-state index in [1.165, 1.54) is 11.9 Å². The van der Waals surface area contributed by atoms with Crippen molar-refractivity contribution >= 4 is 5.69 Å². The highest BCUT2D eigenvalue weighted by Gasteiger charge is 2.12. The van der Waals surface area contributed by atoms with Gasteiger partial charge in [-0.3, -0.25) is 0 Å². The number of rotatable bonds is 5. The van der Waals surface area contributed by atoms with Gasteiger partial charge in [0, 0.05) is 5.69 Å². The molecule has 19 heavy (non-hydrogen) atoms. The largest absolute Gasteiger partial charge is 0.481 e. The monoisotopic (exact) mass is 259 g/mol. The molecule has 2 aromatic rings. The molecule has 1 aromatic heterocycles. The minimum absolute atomic E-state index is 0.520. The first kappa shape index (κ1) is 13.1. The van der Waals surface area contributed by atoms with Crippen LogP contribution in [0.4, 0.5) is 5.69 Å². The van der Waals surface area contributed by atoms with E-state index in [2.05, 4.69) is 34.3 Å². The van der Waals surface area contributed by atoms with E-state index in [1.54, 1.807) is 14.2 Å². The van der Waals surface area contributed by atoms with Gasteiger partial charge in [0.2, 0.25) is 11.8 Å². The van der Waals surface area contributed by atoms with Gasteiger partial charge in [0.25, 0.3) is 0 Å². The van der Waals surface area contributed by atoms with E-state index in [4.69, 9.17) is 9.47 Å². The Morgan fingerprint density at radius 1 is 1.00 bits per heavy atom. The predicted octanol–water partition coefficient (Wildman–Crippen LogP) is 2.41. The first-order valence-corrected chi connectivity index (χ1v) is 5.97. The molecule has 5 heteroatoms. The maximum Gasteiger partial charge on any atom is 0.225 e. The fourth-order valence-corrected chi connectivity index (χ4v) is 1.75. The van der Waals surface area contributed by atoms with Crippen molar-refractivity contribution in [3.05, 3.63) is 41.7 Å². The summed E-state index contributed by atoms with van der Waals surface area (Å²) in [6, 6.07) is 8.16. The number of aromatic nitrogens is 2. The molecule has 0 atom stereocenters. The van der Waals surface area contributed by atoms with Crippen molar-refractivity contribution in [2.24, 2.45) is 0 Å². The lowest BCUT2D eigenvalue weighted by Gasteiger charge is -2.12. The topological polar surface area (TPSA) is 56.3 Å². The first-order valence-electron chi connectivity index (χ1n) is 5.97. The predicted molar refractivity (Wildman–Crippen MR) is 73.6 cm³/mol. The highest BCUT2D eigenvalue weighted by molar-refractivity contribution is 5.46. The quantitative estimate of drug-likeness (QED) is 0.893. The van der Waals surface area contributed by atoms with Crippen LogP contribution in [0.25, 0.3) is 0 Å².